The van der Waals surface area contributed by atoms with E-state index < -0.39 is 0 Å². The van der Waals surface area contributed by atoms with Gasteiger partial charge in [0.15, 0.2) is 0 Å². The number of nitrogens with one attached hydrogen (secondary N) is 1. The van der Waals surface area contributed by atoms with Crippen LogP contribution in [-0.4, -0.2) is 25.0 Å². The predicted molar refractivity (Wildman–Crippen MR) is 103 cm³/mol. The predicted octanol–water partition coefficient (Wildman–Crippen LogP) is 4.97. The second kappa shape index (κ2) is 6.11. The van der Waals surface area contributed by atoms with Crippen LogP contribution in [0.1, 0.15) is 17.0 Å². The number of aromatic hydroxyl groups is 1. The molecule has 0 aliphatic carbocycles. The third-order valence-corrected chi connectivity index (χ3v) is 5.01. The van der Waals surface area contributed by atoms with Gasteiger partial charge in [-0.2, -0.15) is 0 Å². The summed E-state index contributed by atoms with van der Waals surface area (Å²) in [6.07, 6.45) is 5.28. The highest BCUT2D eigenvalue weighted by molar-refractivity contribution is 6.38. The van der Waals surface area contributed by atoms with Gasteiger partial charge < -0.3 is 10.1 Å². The van der Waals surface area contributed by atoms with Crippen LogP contribution in [0.4, 0.5) is 0 Å². The molecule has 3 aromatic heterocycles. The molecular formula is C20H17ClN4O. The Morgan fingerprint density at radius 1 is 1.00 bits per heavy atom. The van der Waals surface area contributed by atoms with E-state index in [9.17, 15) is 5.11 Å². The van der Waals surface area contributed by atoms with Gasteiger partial charge in [0.1, 0.15) is 17.2 Å². The maximum absolute atomic E-state index is 10.1. The first kappa shape index (κ1) is 16.5. The second-order valence-corrected chi connectivity index (χ2v) is 6.73. The first-order valence-corrected chi connectivity index (χ1v) is 8.59. The molecule has 6 heteroatoms. The number of aryl methyl sites for hydroxylation is 2. The van der Waals surface area contributed by atoms with Gasteiger partial charge in [-0.1, -0.05) is 17.7 Å². The summed E-state index contributed by atoms with van der Waals surface area (Å²) >= 11 is 6.73. The molecule has 5 nitrogen and oxygen atoms in total. The number of aromatic nitrogens is 4. The van der Waals surface area contributed by atoms with E-state index in [1.807, 2.05) is 32.9 Å². The minimum Gasteiger partial charge on any atom is -0.508 e. The SMILES string of the molecule is Cc1ncc(-c2cc3c(Cl)c(-c4c(C)ccc(O)c4C)cnc3[nH]2)cn1. The number of hydrogen-bond donors (Lipinski definition) is 2. The van der Waals surface area contributed by atoms with Gasteiger partial charge in [-0.05, 0) is 49.6 Å². The van der Waals surface area contributed by atoms with Crippen molar-refractivity contribution < 1.29 is 5.11 Å². The number of pyridine rings is 1. The lowest BCUT2D eigenvalue weighted by Crippen LogP contribution is -1.91. The fourth-order valence-electron chi connectivity index (χ4n) is 3.16. The number of phenolic OH excluding ortho intramolecular Hbond substituents is 1. The van der Waals surface area contributed by atoms with Gasteiger partial charge in [-0.3, -0.25) is 0 Å². The molecule has 26 heavy (non-hydrogen) atoms. The molecule has 0 unspecified atom stereocenters. The number of phenols is 1. The maximum atomic E-state index is 10.1. The highest BCUT2D eigenvalue weighted by atomic mass is 35.5. The van der Waals surface area contributed by atoms with Crippen LogP contribution in [0.15, 0.2) is 36.8 Å². The number of H-pyrrole nitrogens is 1. The smallest absolute Gasteiger partial charge is 0.139 e. The Labute approximate surface area is 155 Å². The Morgan fingerprint density at radius 3 is 2.46 bits per heavy atom. The summed E-state index contributed by atoms with van der Waals surface area (Å²) in [5.74, 6) is 0.964. The lowest BCUT2D eigenvalue weighted by Gasteiger charge is -2.13. The molecule has 4 aromatic rings. The topological polar surface area (TPSA) is 74.7 Å². The fraction of sp³-hybridized carbons (Fsp3) is 0.150. The molecule has 0 saturated carbocycles. The molecule has 2 N–H and O–H groups in total. The van der Waals surface area contributed by atoms with E-state index >= 15 is 0 Å². The molecule has 0 saturated heterocycles. The van der Waals surface area contributed by atoms with Gasteiger partial charge in [-0.25, -0.2) is 15.0 Å². The average Bonchev–Trinajstić information content (AvgIpc) is 3.06. The standard InChI is InChI=1S/C20H17ClN4O/c1-10-4-5-17(26)11(2)18(10)15-9-24-20-14(19(15)21)6-16(25-20)13-7-22-12(3)23-8-13/h4-9,26H,1-3H3,(H,24,25). The van der Waals surface area contributed by atoms with E-state index in [2.05, 4.69) is 19.9 Å². The van der Waals surface area contributed by atoms with Crippen LogP contribution in [0.25, 0.3) is 33.4 Å². The van der Waals surface area contributed by atoms with Crippen LogP contribution in [0, 0.1) is 20.8 Å². The van der Waals surface area contributed by atoms with Crippen LogP contribution in [0.5, 0.6) is 5.75 Å². The number of rotatable bonds is 2. The molecule has 3 heterocycles. The van der Waals surface area contributed by atoms with Crippen molar-refractivity contribution in [3.05, 3.63) is 58.8 Å². The van der Waals surface area contributed by atoms with Crippen LogP contribution >= 0.6 is 11.6 Å². The third kappa shape index (κ3) is 2.61. The molecule has 130 valence electrons. The van der Waals surface area contributed by atoms with E-state index in [1.54, 1.807) is 24.7 Å². The molecule has 0 aliphatic heterocycles. The van der Waals surface area contributed by atoms with E-state index in [4.69, 9.17) is 11.6 Å². The first-order valence-electron chi connectivity index (χ1n) is 8.21. The molecule has 4 rings (SSSR count). The Balaban J connectivity index is 1.91. The first-order chi connectivity index (χ1) is 12.5. The minimum absolute atomic E-state index is 0.244. The summed E-state index contributed by atoms with van der Waals surface area (Å²) in [4.78, 5) is 16.3. The van der Waals surface area contributed by atoms with Gasteiger partial charge in [0.2, 0.25) is 0 Å². The molecule has 0 spiro atoms. The molecule has 0 aliphatic rings. The highest BCUT2D eigenvalue weighted by Gasteiger charge is 2.17. The lowest BCUT2D eigenvalue weighted by molar-refractivity contribution is 0.471. The number of nitrogens with zero attached hydrogens (tertiary/aromatic N) is 3. The molecule has 0 radical (unpaired) electrons. The molecular weight excluding hydrogens is 348 g/mol. The van der Waals surface area contributed by atoms with Crippen molar-refractivity contribution >= 4 is 22.6 Å². The summed E-state index contributed by atoms with van der Waals surface area (Å²) < 4.78 is 0. The van der Waals surface area contributed by atoms with Crippen LogP contribution < -0.4 is 0 Å². The number of halogens is 1. The van der Waals surface area contributed by atoms with Crippen LogP contribution in [-0.2, 0) is 0 Å². The summed E-state index contributed by atoms with van der Waals surface area (Å²) in [6.45, 7) is 5.72. The number of fused-ring (bicyclic) bond motifs is 1. The Hall–Kier alpha value is -2.92. The van der Waals surface area contributed by atoms with Gasteiger partial charge >= 0.3 is 0 Å². The van der Waals surface area contributed by atoms with Crippen molar-refractivity contribution in [2.24, 2.45) is 0 Å². The lowest BCUT2D eigenvalue weighted by atomic mass is 9.95. The van der Waals surface area contributed by atoms with E-state index in [-0.39, 0.29) is 5.75 Å². The van der Waals surface area contributed by atoms with E-state index in [1.165, 1.54) is 0 Å². The monoisotopic (exact) mass is 364 g/mol. The molecule has 0 atom stereocenters. The van der Waals surface area contributed by atoms with Crippen molar-refractivity contribution in [2.75, 3.05) is 0 Å². The van der Waals surface area contributed by atoms with Crippen LogP contribution in [0.2, 0.25) is 5.02 Å². The number of aromatic amines is 1. The molecule has 0 amide bonds. The van der Waals surface area contributed by atoms with Gasteiger partial charge in [0.05, 0.1) is 10.7 Å². The van der Waals surface area contributed by atoms with Crippen LogP contribution in [0.3, 0.4) is 0 Å². The van der Waals surface area contributed by atoms with Crippen molar-refractivity contribution in [1.29, 1.82) is 0 Å². The Morgan fingerprint density at radius 2 is 1.73 bits per heavy atom. The Kier molecular flexibility index (Phi) is 3.89. The van der Waals surface area contributed by atoms with Crippen molar-refractivity contribution in [3.63, 3.8) is 0 Å². The normalized spacial score (nSPS) is 11.2. The van der Waals surface area contributed by atoms with Crippen molar-refractivity contribution in [1.82, 2.24) is 19.9 Å². The highest BCUT2D eigenvalue weighted by Crippen LogP contribution is 2.39. The van der Waals surface area contributed by atoms with Gasteiger partial charge in [0.25, 0.3) is 0 Å². The summed E-state index contributed by atoms with van der Waals surface area (Å²) in [5, 5.41) is 11.5. The van der Waals surface area contributed by atoms with Gasteiger partial charge in [-0.15, -0.1) is 0 Å². The summed E-state index contributed by atoms with van der Waals surface area (Å²) in [5.41, 5.74) is 5.96. The number of benzene rings is 1. The van der Waals surface area contributed by atoms with E-state index in [0.29, 0.717) is 10.7 Å². The molecule has 0 bridgehead atoms. The Bertz CT molecular complexity index is 1130. The fourth-order valence-corrected chi connectivity index (χ4v) is 3.44. The zero-order chi connectivity index (χ0) is 18.4. The minimum atomic E-state index is 0.244. The summed E-state index contributed by atoms with van der Waals surface area (Å²) in [7, 11) is 0. The maximum Gasteiger partial charge on any atom is 0.139 e. The zero-order valence-electron chi connectivity index (χ0n) is 14.6. The second-order valence-electron chi connectivity index (χ2n) is 6.35. The largest absolute Gasteiger partial charge is 0.508 e. The zero-order valence-corrected chi connectivity index (χ0v) is 15.4. The molecule has 1 aromatic carbocycles. The summed E-state index contributed by atoms with van der Waals surface area (Å²) in [6, 6.07) is 5.53. The van der Waals surface area contributed by atoms with E-state index in [0.717, 1.165) is 44.7 Å². The van der Waals surface area contributed by atoms with Crippen molar-refractivity contribution in [3.8, 4) is 28.1 Å². The van der Waals surface area contributed by atoms with Crippen molar-refractivity contribution in [2.45, 2.75) is 20.8 Å². The average molecular weight is 365 g/mol. The quantitative estimate of drug-likeness (QED) is 0.526. The van der Waals surface area contributed by atoms with Gasteiger partial charge in [0, 0.05) is 35.1 Å². The third-order valence-electron chi connectivity index (χ3n) is 4.60. The number of hydrogen-bond acceptors (Lipinski definition) is 4. The molecule has 0 fully saturated rings.